The summed E-state index contributed by atoms with van der Waals surface area (Å²) in [4.78, 5) is 21.9. The minimum atomic E-state index is -4.81. The Morgan fingerprint density at radius 2 is 1.90 bits per heavy atom. The number of halogens is 3. The first kappa shape index (κ1) is 19.5. The minimum absolute atomic E-state index is 0.246. The van der Waals surface area contributed by atoms with Gasteiger partial charge in [-0.3, -0.25) is 9.36 Å². The van der Waals surface area contributed by atoms with Crippen LogP contribution in [0.5, 0.6) is 5.75 Å². The highest BCUT2D eigenvalue weighted by atomic mass is 19.4. The summed E-state index contributed by atoms with van der Waals surface area (Å²) in [5.41, 5.74) is 0.365. The van der Waals surface area contributed by atoms with E-state index in [-0.39, 0.29) is 11.1 Å². The molecule has 1 aliphatic carbocycles. The number of nitrogens with zero attached hydrogens (tertiary/aromatic N) is 5. The Bertz CT molecular complexity index is 1320. The van der Waals surface area contributed by atoms with Crippen LogP contribution in [0.3, 0.4) is 0 Å². The van der Waals surface area contributed by atoms with Gasteiger partial charge >= 0.3 is 6.36 Å². The third kappa shape index (κ3) is 3.73. The highest BCUT2D eigenvalue weighted by Gasteiger charge is 2.31. The van der Waals surface area contributed by atoms with Gasteiger partial charge in [0.05, 0.1) is 16.6 Å². The lowest BCUT2D eigenvalue weighted by atomic mass is 9.89. The van der Waals surface area contributed by atoms with Crippen LogP contribution in [0, 0.1) is 0 Å². The van der Waals surface area contributed by atoms with E-state index in [1.54, 1.807) is 10.6 Å². The van der Waals surface area contributed by atoms with Crippen LogP contribution in [0.25, 0.3) is 22.4 Å². The summed E-state index contributed by atoms with van der Waals surface area (Å²) in [7, 11) is 0. The van der Waals surface area contributed by atoms with Gasteiger partial charge in [0.15, 0.2) is 5.82 Å². The monoisotopic (exact) mass is 429 g/mol. The molecule has 0 saturated heterocycles. The molecule has 31 heavy (non-hydrogen) atoms. The van der Waals surface area contributed by atoms with E-state index in [9.17, 15) is 18.0 Å². The molecule has 7 nitrogen and oxygen atoms in total. The van der Waals surface area contributed by atoms with Crippen molar-refractivity contribution >= 4 is 16.7 Å². The second-order valence-corrected chi connectivity index (χ2v) is 7.61. The van der Waals surface area contributed by atoms with Crippen LogP contribution in [0.15, 0.2) is 47.5 Å². The summed E-state index contributed by atoms with van der Waals surface area (Å²) >= 11 is 0. The van der Waals surface area contributed by atoms with E-state index in [1.807, 2.05) is 0 Å². The Balaban J connectivity index is 1.58. The predicted octanol–water partition coefficient (Wildman–Crippen LogP) is 4.37. The average molecular weight is 429 g/mol. The fourth-order valence-electron chi connectivity index (χ4n) is 4.10. The Morgan fingerprint density at radius 3 is 2.68 bits per heavy atom. The summed E-state index contributed by atoms with van der Waals surface area (Å²) in [6.07, 6.45) is 3.71. The van der Waals surface area contributed by atoms with Crippen molar-refractivity contribution in [3.63, 3.8) is 0 Å². The number of aromatic nitrogens is 5. The first-order valence-electron chi connectivity index (χ1n) is 10.0. The number of hydrogen-bond acceptors (Lipinski definition) is 5. The minimum Gasteiger partial charge on any atom is -0.406 e. The van der Waals surface area contributed by atoms with Crippen LogP contribution in [0.2, 0.25) is 0 Å². The van der Waals surface area contributed by atoms with Crippen molar-refractivity contribution in [2.24, 2.45) is 0 Å². The van der Waals surface area contributed by atoms with Crippen LogP contribution >= 0.6 is 0 Å². The maximum absolute atomic E-state index is 13.1. The smallest absolute Gasteiger partial charge is 0.406 e. The first-order valence-corrected chi connectivity index (χ1v) is 10.0. The summed E-state index contributed by atoms with van der Waals surface area (Å²) in [6, 6.07) is 6.93. The Hall–Kier alpha value is -3.43. The topological polar surface area (TPSA) is 74.3 Å². The van der Waals surface area contributed by atoms with Gasteiger partial charge in [-0.25, -0.2) is 4.98 Å². The van der Waals surface area contributed by atoms with Gasteiger partial charge in [-0.15, -0.1) is 18.3 Å². The van der Waals surface area contributed by atoms with E-state index < -0.39 is 17.7 Å². The number of rotatable bonds is 3. The van der Waals surface area contributed by atoms with Gasteiger partial charge in [0.2, 0.25) is 0 Å². The van der Waals surface area contributed by atoms with Gasteiger partial charge in [0.1, 0.15) is 5.75 Å². The number of benzene rings is 1. The lowest BCUT2D eigenvalue weighted by molar-refractivity contribution is -0.274. The second-order valence-electron chi connectivity index (χ2n) is 7.61. The molecule has 0 unspecified atom stereocenters. The molecule has 0 aliphatic heterocycles. The molecule has 1 fully saturated rings. The Kier molecular flexibility index (Phi) is 4.64. The van der Waals surface area contributed by atoms with Crippen molar-refractivity contribution < 1.29 is 17.9 Å². The highest BCUT2D eigenvalue weighted by Crippen LogP contribution is 2.31. The first-order chi connectivity index (χ1) is 14.9. The Morgan fingerprint density at radius 1 is 1.10 bits per heavy atom. The maximum atomic E-state index is 13.1. The van der Waals surface area contributed by atoms with Crippen LogP contribution in [0.1, 0.15) is 43.8 Å². The third-order valence-corrected chi connectivity index (χ3v) is 5.55. The molecule has 3 aromatic heterocycles. The van der Waals surface area contributed by atoms with Crippen molar-refractivity contribution in [1.29, 1.82) is 0 Å². The molecule has 160 valence electrons. The average Bonchev–Trinajstić information content (AvgIpc) is 3.18. The van der Waals surface area contributed by atoms with Crippen LogP contribution < -0.4 is 10.3 Å². The molecule has 3 heterocycles. The van der Waals surface area contributed by atoms with E-state index in [0.29, 0.717) is 17.2 Å². The highest BCUT2D eigenvalue weighted by molar-refractivity contribution is 5.79. The van der Waals surface area contributed by atoms with Crippen molar-refractivity contribution in [2.75, 3.05) is 0 Å². The fraction of sp³-hybridized carbons (Fsp3) is 0.333. The van der Waals surface area contributed by atoms with Crippen molar-refractivity contribution in [2.45, 2.75) is 44.4 Å². The number of hydrogen-bond donors (Lipinski definition) is 0. The molecule has 4 aromatic rings. The zero-order chi connectivity index (χ0) is 21.6. The van der Waals surface area contributed by atoms with Gasteiger partial charge in [-0.05, 0) is 31.0 Å². The molecule has 0 N–H and O–H groups in total. The molecule has 0 radical (unpaired) electrons. The van der Waals surface area contributed by atoms with Crippen molar-refractivity contribution in [3.8, 4) is 11.4 Å². The molecule has 0 amide bonds. The van der Waals surface area contributed by atoms with Crippen LogP contribution in [-0.2, 0) is 0 Å². The fourth-order valence-corrected chi connectivity index (χ4v) is 4.10. The van der Waals surface area contributed by atoms with Gasteiger partial charge in [0, 0.05) is 24.4 Å². The maximum Gasteiger partial charge on any atom is 0.573 e. The van der Waals surface area contributed by atoms with Crippen molar-refractivity contribution in [3.05, 3.63) is 58.9 Å². The molecule has 5 rings (SSSR count). The zero-order valence-corrected chi connectivity index (χ0v) is 16.3. The summed E-state index contributed by atoms with van der Waals surface area (Å²) < 4.78 is 44.4. The quantitative estimate of drug-likeness (QED) is 0.483. The molecule has 0 spiro atoms. The lowest BCUT2D eigenvalue weighted by Gasteiger charge is -2.17. The summed E-state index contributed by atoms with van der Waals surface area (Å²) in [5, 5.41) is 4.90. The van der Waals surface area contributed by atoms with Gasteiger partial charge in [0.25, 0.3) is 11.3 Å². The van der Waals surface area contributed by atoms with Gasteiger partial charge < -0.3 is 4.74 Å². The van der Waals surface area contributed by atoms with Gasteiger partial charge in [-0.1, -0.05) is 25.3 Å². The number of pyridine rings is 1. The molecule has 1 saturated carbocycles. The normalized spacial score (nSPS) is 15.6. The van der Waals surface area contributed by atoms with Crippen molar-refractivity contribution in [1.82, 2.24) is 24.1 Å². The summed E-state index contributed by atoms with van der Waals surface area (Å²) in [6.45, 7) is 0. The second kappa shape index (κ2) is 7.36. The molecular weight excluding hydrogens is 411 g/mol. The standard InChI is InChI=1S/C21H18F3N5O2/c22-21(23,24)31-15-8-4-7-14(11-15)28-10-9-17-16(19(28)30)12-25-20-26-18(27-29(17)20)13-5-2-1-3-6-13/h4,7-13H,1-3,5-6H2. The molecule has 1 aromatic carbocycles. The summed E-state index contributed by atoms with van der Waals surface area (Å²) in [5.74, 6) is 1.05. The number of ether oxygens (including phenoxy) is 1. The van der Waals surface area contributed by atoms with E-state index in [1.165, 1.54) is 41.6 Å². The van der Waals surface area contributed by atoms with E-state index in [0.717, 1.165) is 37.6 Å². The van der Waals surface area contributed by atoms with Crippen LogP contribution in [0.4, 0.5) is 13.2 Å². The zero-order valence-electron chi connectivity index (χ0n) is 16.3. The lowest BCUT2D eigenvalue weighted by Crippen LogP contribution is -2.20. The SMILES string of the molecule is O=c1c2cnc3nc(C4CCCCC4)nn3c2ccn1-c1cccc(OC(F)(F)F)c1. The molecule has 1 aliphatic rings. The Labute approximate surface area is 174 Å². The predicted molar refractivity (Wildman–Crippen MR) is 106 cm³/mol. The van der Waals surface area contributed by atoms with E-state index in [2.05, 4.69) is 19.8 Å². The number of fused-ring (bicyclic) bond motifs is 3. The van der Waals surface area contributed by atoms with Gasteiger partial charge in [-0.2, -0.15) is 9.50 Å². The van der Waals surface area contributed by atoms with E-state index in [4.69, 9.17) is 0 Å². The largest absolute Gasteiger partial charge is 0.573 e. The molecule has 10 heteroatoms. The van der Waals surface area contributed by atoms with E-state index >= 15 is 0 Å². The molecule has 0 bridgehead atoms. The molecular formula is C21H18F3N5O2. The number of alkyl halides is 3. The van der Waals surface area contributed by atoms with Crippen LogP contribution in [-0.4, -0.2) is 30.5 Å². The molecule has 0 atom stereocenters. The third-order valence-electron chi connectivity index (χ3n) is 5.55.